The second kappa shape index (κ2) is 7.41. The van der Waals surface area contributed by atoms with E-state index in [-0.39, 0.29) is 11.9 Å². The fourth-order valence-electron chi connectivity index (χ4n) is 2.93. The zero-order chi connectivity index (χ0) is 16.9. The van der Waals surface area contributed by atoms with E-state index in [2.05, 4.69) is 11.4 Å². The molecule has 0 aromatic heterocycles. The number of benzene rings is 2. The summed E-state index contributed by atoms with van der Waals surface area (Å²) >= 11 is 5.52. The quantitative estimate of drug-likeness (QED) is 0.678. The molecule has 0 bridgehead atoms. The first kappa shape index (κ1) is 16.4. The molecule has 0 amide bonds. The minimum Gasteiger partial charge on any atom is -0.465 e. The van der Waals surface area contributed by atoms with Gasteiger partial charge < -0.3 is 10.1 Å². The van der Waals surface area contributed by atoms with Crippen molar-refractivity contribution in [2.75, 3.05) is 6.61 Å². The Kier molecular flexibility index (Phi) is 5.06. The van der Waals surface area contributed by atoms with Gasteiger partial charge >= 0.3 is 5.97 Å². The van der Waals surface area contributed by atoms with Gasteiger partial charge in [0.15, 0.2) is 0 Å². The van der Waals surface area contributed by atoms with Crippen LogP contribution in [0.1, 0.15) is 24.0 Å². The van der Waals surface area contributed by atoms with Gasteiger partial charge in [0.05, 0.1) is 11.6 Å². The molecule has 0 aliphatic carbocycles. The van der Waals surface area contributed by atoms with Gasteiger partial charge in [-0.05, 0) is 18.1 Å². The average Bonchev–Trinajstić information content (AvgIpc) is 2.62. The van der Waals surface area contributed by atoms with E-state index >= 15 is 0 Å². The number of hydrogen-bond donors (Lipinski definition) is 1. The van der Waals surface area contributed by atoms with E-state index in [4.69, 9.17) is 17.0 Å². The number of hydrogen-bond acceptors (Lipinski definition) is 3. The lowest BCUT2D eigenvalue weighted by Gasteiger charge is -2.31. The van der Waals surface area contributed by atoms with Crippen molar-refractivity contribution in [3.8, 4) is 0 Å². The molecule has 2 aromatic rings. The fourth-order valence-corrected chi connectivity index (χ4v) is 3.28. The van der Waals surface area contributed by atoms with E-state index in [0.717, 1.165) is 16.8 Å². The van der Waals surface area contributed by atoms with Crippen LogP contribution in [0.2, 0.25) is 0 Å². The zero-order valence-electron chi connectivity index (χ0n) is 13.4. The highest BCUT2D eigenvalue weighted by Crippen LogP contribution is 2.34. The molecule has 1 heterocycles. The average molecular weight is 337 g/mol. The lowest BCUT2D eigenvalue weighted by Crippen LogP contribution is -2.41. The molecule has 0 saturated heterocycles. The number of rotatable bonds is 4. The summed E-state index contributed by atoms with van der Waals surface area (Å²) in [6.45, 7) is 2.15. The molecule has 1 aliphatic rings. The summed E-state index contributed by atoms with van der Waals surface area (Å²) < 4.78 is 5.25. The summed E-state index contributed by atoms with van der Waals surface area (Å²) in [6.07, 6.45) is 2.07. The van der Waals surface area contributed by atoms with Gasteiger partial charge in [0, 0.05) is 11.6 Å². The van der Waals surface area contributed by atoms with Crippen molar-refractivity contribution < 1.29 is 9.53 Å². The third kappa shape index (κ3) is 3.39. The molecule has 2 atom stereocenters. The Morgan fingerprint density at radius 3 is 2.33 bits per heavy atom. The molecular formula is C20H19NO2S. The highest BCUT2D eigenvalue weighted by Gasteiger charge is 2.37. The van der Waals surface area contributed by atoms with Crippen LogP contribution in [-0.4, -0.2) is 17.6 Å². The van der Waals surface area contributed by atoms with Crippen molar-refractivity contribution in [3.63, 3.8) is 0 Å². The Labute approximate surface area is 147 Å². The molecule has 2 unspecified atom stereocenters. The summed E-state index contributed by atoms with van der Waals surface area (Å²) in [4.78, 5) is 13.0. The molecule has 122 valence electrons. The van der Waals surface area contributed by atoms with Crippen LogP contribution in [-0.2, 0) is 9.53 Å². The first-order chi connectivity index (χ1) is 11.7. The summed E-state index contributed by atoms with van der Waals surface area (Å²) in [7, 11) is 0. The molecule has 24 heavy (non-hydrogen) atoms. The molecule has 3 rings (SSSR count). The Hall–Kier alpha value is -2.46. The van der Waals surface area contributed by atoms with Gasteiger partial charge in [0.25, 0.3) is 0 Å². The van der Waals surface area contributed by atoms with E-state index in [9.17, 15) is 4.79 Å². The third-order valence-corrected chi connectivity index (χ3v) is 4.41. The lowest BCUT2D eigenvalue weighted by atomic mass is 9.82. The predicted molar refractivity (Wildman–Crippen MR) is 99.5 cm³/mol. The molecular weight excluding hydrogens is 318 g/mol. The Balaban J connectivity index is 2.04. The second-order valence-corrected chi connectivity index (χ2v) is 6.04. The SMILES string of the molecule is CCOC(=O)C1C(=S)NC(c2ccccc2)=CC1c1ccccc1. The van der Waals surface area contributed by atoms with Crippen LogP contribution < -0.4 is 5.32 Å². The second-order valence-electron chi connectivity index (χ2n) is 5.60. The molecule has 0 fully saturated rings. The Bertz CT molecular complexity index is 756. The smallest absolute Gasteiger partial charge is 0.316 e. The Morgan fingerprint density at radius 1 is 1.08 bits per heavy atom. The zero-order valence-corrected chi connectivity index (χ0v) is 14.3. The number of ether oxygens (including phenoxy) is 1. The number of esters is 1. The number of nitrogens with one attached hydrogen (secondary N) is 1. The van der Waals surface area contributed by atoms with E-state index < -0.39 is 5.92 Å². The molecule has 0 radical (unpaired) electrons. The van der Waals surface area contributed by atoms with E-state index in [1.165, 1.54) is 0 Å². The van der Waals surface area contributed by atoms with Crippen LogP contribution in [0, 0.1) is 5.92 Å². The normalized spacial score (nSPS) is 20.0. The maximum Gasteiger partial charge on any atom is 0.316 e. The first-order valence-electron chi connectivity index (χ1n) is 8.00. The van der Waals surface area contributed by atoms with Crippen molar-refractivity contribution in [1.29, 1.82) is 0 Å². The summed E-state index contributed by atoms with van der Waals surface area (Å²) in [5, 5.41) is 3.21. The van der Waals surface area contributed by atoms with Gasteiger partial charge in [-0.1, -0.05) is 79.0 Å². The summed E-state index contributed by atoms with van der Waals surface area (Å²) in [6, 6.07) is 19.9. The minimum absolute atomic E-state index is 0.144. The molecule has 4 heteroatoms. The number of carbonyl (C=O) groups excluding carboxylic acids is 1. The maximum atomic E-state index is 12.5. The number of thiocarbonyl (C=S) groups is 1. The lowest BCUT2D eigenvalue weighted by molar-refractivity contribution is -0.145. The largest absolute Gasteiger partial charge is 0.465 e. The van der Waals surface area contributed by atoms with Crippen LogP contribution in [0.5, 0.6) is 0 Å². The van der Waals surface area contributed by atoms with Crippen molar-refractivity contribution in [2.45, 2.75) is 12.8 Å². The van der Waals surface area contributed by atoms with Crippen molar-refractivity contribution in [2.24, 2.45) is 5.92 Å². The summed E-state index contributed by atoms with van der Waals surface area (Å²) in [5.74, 6) is -0.934. The van der Waals surface area contributed by atoms with E-state index in [1.54, 1.807) is 6.92 Å². The van der Waals surface area contributed by atoms with Gasteiger partial charge in [-0.15, -0.1) is 0 Å². The van der Waals surface area contributed by atoms with E-state index in [0.29, 0.717) is 11.6 Å². The third-order valence-electron chi connectivity index (χ3n) is 4.06. The van der Waals surface area contributed by atoms with Crippen LogP contribution in [0.25, 0.3) is 5.70 Å². The standard InChI is InChI=1S/C20H19NO2S/c1-2-23-20(22)18-16(14-9-5-3-6-10-14)13-17(21-19(18)24)15-11-7-4-8-12-15/h3-13,16,18H,2H2,1H3,(H,21,24). The molecule has 3 nitrogen and oxygen atoms in total. The highest BCUT2D eigenvalue weighted by atomic mass is 32.1. The van der Waals surface area contributed by atoms with Crippen LogP contribution >= 0.6 is 12.2 Å². The fraction of sp³-hybridized carbons (Fsp3) is 0.200. The molecule has 0 saturated carbocycles. The highest BCUT2D eigenvalue weighted by molar-refractivity contribution is 7.80. The Morgan fingerprint density at radius 2 is 1.71 bits per heavy atom. The monoisotopic (exact) mass is 337 g/mol. The van der Waals surface area contributed by atoms with Gasteiger partial charge in [0.2, 0.25) is 0 Å². The van der Waals surface area contributed by atoms with Crippen LogP contribution in [0.15, 0.2) is 66.7 Å². The van der Waals surface area contributed by atoms with Crippen molar-refractivity contribution in [3.05, 3.63) is 77.9 Å². The predicted octanol–water partition coefficient (Wildman–Crippen LogP) is 3.92. The van der Waals surface area contributed by atoms with Gasteiger partial charge in [0.1, 0.15) is 5.92 Å². The van der Waals surface area contributed by atoms with Crippen molar-refractivity contribution in [1.82, 2.24) is 5.32 Å². The van der Waals surface area contributed by atoms with Gasteiger partial charge in [-0.3, -0.25) is 4.79 Å². The molecule has 1 aliphatic heterocycles. The number of carbonyl (C=O) groups is 1. The first-order valence-corrected chi connectivity index (χ1v) is 8.41. The summed E-state index contributed by atoms with van der Waals surface area (Å²) in [5.41, 5.74) is 3.02. The molecule has 1 N–H and O–H groups in total. The molecule has 0 spiro atoms. The van der Waals surface area contributed by atoms with Crippen molar-refractivity contribution >= 4 is 28.9 Å². The minimum atomic E-state index is -0.505. The van der Waals surface area contributed by atoms with Gasteiger partial charge in [-0.2, -0.15) is 0 Å². The van der Waals surface area contributed by atoms with Crippen LogP contribution in [0.4, 0.5) is 0 Å². The van der Waals surface area contributed by atoms with E-state index in [1.807, 2.05) is 60.7 Å². The topological polar surface area (TPSA) is 38.3 Å². The van der Waals surface area contributed by atoms with Crippen LogP contribution in [0.3, 0.4) is 0 Å². The van der Waals surface area contributed by atoms with Gasteiger partial charge in [-0.25, -0.2) is 0 Å². The molecule has 2 aromatic carbocycles. The maximum absolute atomic E-state index is 12.5. The number of allylic oxidation sites excluding steroid dienone is 1.